The van der Waals surface area contributed by atoms with Crippen LogP contribution in [0.1, 0.15) is 68.9 Å². The second-order valence-corrected chi connectivity index (χ2v) is 6.22. The Kier molecular flexibility index (Phi) is 4.58. The average molecular weight is 278 g/mol. The average Bonchev–Trinajstić information content (AvgIpc) is 2.27. The normalized spacial score (nSPS) is 11.6. The van der Waals surface area contributed by atoms with Crippen LogP contribution in [0, 0.1) is 0 Å². The van der Waals surface area contributed by atoms with Crippen molar-refractivity contribution >= 4 is 12.3 Å². The number of rotatable bonds is 3. The molecule has 0 saturated heterocycles. The lowest BCUT2D eigenvalue weighted by molar-refractivity contribution is -0.132. The van der Waals surface area contributed by atoms with E-state index in [1.165, 1.54) is 13.0 Å². The first-order valence-corrected chi connectivity index (χ1v) is 6.63. The molecule has 0 fully saturated rings. The monoisotopic (exact) mass is 278 g/mol. The smallest absolute Gasteiger partial charge is 0.308 e. The van der Waals surface area contributed by atoms with Gasteiger partial charge in [0.1, 0.15) is 11.5 Å². The van der Waals surface area contributed by atoms with Crippen molar-refractivity contribution in [1.29, 1.82) is 0 Å². The molecule has 0 spiro atoms. The molecule has 0 aromatic heterocycles. The fourth-order valence-electron chi connectivity index (χ4n) is 2.19. The van der Waals surface area contributed by atoms with Gasteiger partial charge in [0.15, 0.2) is 6.29 Å². The van der Waals surface area contributed by atoms with Gasteiger partial charge >= 0.3 is 5.97 Å². The van der Waals surface area contributed by atoms with Gasteiger partial charge in [0.05, 0.1) is 5.56 Å². The summed E-state index contributed by atoms with van der Waals surface area (Å²) >= 11 is 0. The summed E-state index contributed by atoms with van der Waals surface area (Å²) in [6.07, 6.45) is 0.601. The van der Waals surface area contributed by atoms with E-state index >= 15 is 0 Å². The van der Waals surface area contributed by atoms with E-state index < -0.39 is 5.97 Å². The van der Waals surface area contributed by atoms with E-state index in [1.54, 1.807) is 0 Å². The second-order valence-electron chi connectivity index (χ2n) is 6.22. The van der Waals surface area contributed by atoms with Gasteiger partial charge in [0.25, 0.3) is 0 Å². The Balaban J connectivity index is 3.78. The number of aldehydes is 1. The van der Waals surface area contributed by atoms with Crippen molar-refractivity contribution in [2.24, 2.45) is 0 Å². The Morgan fingerprint density at radius 2 is 1.90 bits per heavy atom. The van der Waals surface area contributed by atoms with Gasteiger partial charge in [-0.1, -0.05) is 34.6 Å². The highest BCUT2D eigenvalue weighted by molar-refractivity contribution is 5.85. The van der Waals surface area contributed by atoms with Crippen molar-refractivity contribution in [3.8, 4) is 11.5 Å². The minimum Gasteiger partial charge on any atom is -0.507 e. The van der Waals surface area contributed by atoms with Crippen LogP contribution in [0.15, 0.2) is 6.07 Å². The number of carbonyl (C=O) groups is 2. The molecule has 0 aliphatic carbocycles. The van der Waals surface area contributed by atoms with Crippen LogP contribution in [0.5, 0.6) is 11.5 Å². The van der Waals surface area contributed by atoms with Crippen molar-refractivity contribution in [1.82, 2.24) is 0 Å². The standard InChI is InChI=1S/C16H22O4/c1-9(2)14-11(8-17)13(19)7-12(16(4,5)6)15(14)20-10(3)18/h7-9,19H,1-6H3. The Bertz CT molecular complexity index is 536. The summed E-state index contributed by atoms with van der Waals surface area (Å²) in [5, 5.41) is 10.1. The largest absolute Gasteiger partial charge is 0.507 e. The summed E-state index contributed by atoms with van der Waals surface area (Å²) in [5.74, 6) is -0.192. The number of phenolic OH excluding ortho intramolecular Hbond substituents is 1. The fraction of sp³-hybridized carbons (Fsp3) is 0.500. The second kappa shape index (κ2) is 5.65. The zero-order valence-corrected chi connectivity index (χ0v) is 12.9. The molecule has 0 atom stereocenters. The molecule has 0 radical (unpaired) electrons. The maximum absolute atomic E-state index is 11.4. The number of phenols is 1. The van der Waals surface area contributed by atoms with Crippen LogP contribution in [-0.2, 0) is 10.2 Å². The van der Waals surface area contributed by atoms with E-state index in [0.29, 0.717) is 23.2 Å². The number of esters is 1. The highest BCUT2D eigenvalue weighted by Crippen LogP contribution is 2.42. The summed E-state index contributed by atoms with van der Waals surface area (Å²) in [7, 11) is 0. The van der Waals surface area contributed by atoms with Crippen molar-refractivity contribution in [2.45, 2.75) is 52.9 Å². The quantitative estimate of drug-likeness (QED) is 0.521. The molecular formula is C16H22O4. The van der Waals surface area contributed by atoms with Gasteiger partial charge in [-0.25, -0.2) is 0 Å². The van der Waals surface area contributed by atoms with Crippen LogP contribution in [0.3, 0.4) is 0 Å². The van der Waals surface area contributed by atoms with Gasteiger partial charge in [-0.15, -0.1) is 0 Å². The third-order valence-electron chi connectivity index (χ3n) is 3.09. The lowest BCUT2D eigenvalue weighted by atomic mass is 9.82. The zero-order valence-electron chi connectivity index (χ0n) is 12.9. The number of hydrogen-bond donors (Lipinski definition) is 1. The minimum absolute atomic E-state index is 0.0576. The molecule has 0 aliphatic rings. The highest BCUT2D eigenvalue weighted by atomic mass is 16.5. The van der Waals surface area contributed by atoms with Crippen LogP contribution >= 0.6 is 0 Å². The van der Waals surface area contributed by atoms with Gasteiger partial charge in [-0.3, -0.25) is 9.59 Å². The third-order valence-corrected chi connectivity index (χ3v) is 3.09. The molecule has 1 aromatic rings. The van der Waals surface area contributed by atoms with Gasteiger partial charge in [0, 0.05) is 18.1 Å². The topological polar surface area (TPSA) is 63.6 Å². The summed E-state index contributed by atoms with van der Waals surface area (Å²) < 4.78 is 5.35. The summed E-state index contributed by atoms with van der Waals surface area (Å²) in [6.45, 7) is 11.0. The maximum atomic E-state index is 11.4. The number of hydrogen-bond acceptors (Lipinski definition) is 4. The minimum atomic E-state index is -0.445. The first-order valence-electron chi connectivity index (χ1n) is 6.63. The zero-order chi connectivity index (χ0) is 15.7. The van der Waals surface area contributed by atoms with Gasteiger partial charge in [-0.05, 0) is 17.4 Å². The number of benzene rings is 1. The van der Waals surface area contributed by atoms with E-state index in [0.717, 1.165) is 0 Å². The van der Waals surface area contributed by atoms with Crippen LogP contribution in [0.25, 0.3) is 0 Å². The molecule has 1 rings (SSSR count). The highest BCUT2D eigenvalue weighted by Gasteiger charge is 2.28. The molecule has 4 heteroatoms. The van der Waals surface area contributed by atoms with Crippen LogP contribution < -0.4 is 4.74 Å². The predicted molar refractivity (Wildman–Crippen MR) is 77.6 cm³/mol. The molecule has 0 amide bonds. The molecule has 0 aliphatic heterocycles. The van der Waals surface area contributed by atoms with E-state index in [4.69, 9.17) is 4.74 Å². The maximum Gasteiger partial charge on any atom is 0.308 e. The predicted octanol–water partition coefficient (Wildman–Crippen LogP) is 3.55. The molecule has 4 nitrogen and oxygen atoms in total. The molecule has 0 heterocycles. The molecular weight excluding hydrogens is 256 g/mol. The molecule has 110 valence electrons. The first-order chi connectivity index (χ1) is 9.09. The molecule has 1 N–H and O–H groups in total. The Morgan fingerprint density at radius 1 is 1.35 bits per heavy atom. The molecule has 20 heavy (non-hydrogen) atoms. The van der Waals surface area contributed by atoms with Gasteiger partial charge in [-0.2, -0.15) is 0 Å². The Morgan fingerprint density at radius 3 is 2.25 bits per heavy atom. The molecule has 0 saturated carbocycles. The molecule has 1 aromatic carbocycles. The van der Waals surface area contributed by atoms with Crippen molar-refractivity contribution < 1.29 is 19.4 Å². The van der Waals surface area contributed by atoms with Gasteiger partial charge in [0.2, 0.25) is 0 Å². The van der Waals surface area contributed by atoms with Crippen LogP contribution in [-0.4, -0.2) is 17.4 Å². The number of aromatic hydroxyl groups is 1. The summed E-state index contributed by atoms with van der Waals surface area (Å²) in [4.78, 5) is 22.6. The van der Waals surface area contributed by atoms with Crippen molar-refractivity contribution in [3.05, 3.63) is 22.8 Å². The summed E-state index contributed by atoms with van der Waals surface area (Å²) in [5.41, 5.74) is 1.14. The molecule has 0 bridgehead atoms. The summed E-state index contributed by atoms with van der Waals surface area (Å²) in [6, 6.07) is 1.51. The van der Waals surface area contributed by atoms with Gasteiger partial charge < -0.3 is 9.84 Å². The van der Waals surface area contributed by atoms with Crippen LogP contribution in [0.4, 0.5) is 0 Å². The van der Waals surface area contributed by atoms with Crippen LogP contribution in [0.2, 0.25) is 0 Å². The first kappa shape index (κ1) is 16.2. The number of ether oxygens (including phenoxy) is 1. The number of carbonyl (C=O) groups excluding carboxylic acids is 2. The fourth-order valence-corrected chi connectivity index (χ4v) is 2.19. The lowest BCUT2D eigenvalue weighted by Gasteiger charge is -2.26. The lowest BCUT2D eigenvalue weighted by Crippen LogP contribution is -2.18. The Labute approximate surface area is 119 Å². The van der Waals surface area contributed by atoms with E-state index in [2.05, 4.69) is 0 Å². The van der Waals surface area contributed by atoms with E-state index in [1.807, 2.05) is 34.6 Å². The molecule has 0 unspecified atom stereocenters. The SMILES string of the molecule is CC(=O)Oc1c(C(C)(C)C)cc(O)c(C=O)c1C(C)C. The van der Waals surface area contributed by atoms with Crippen molar-refractivity contribution in [2.75, 3.05) is 0 Å². The van der Waals surface area contributed by atoms with E-state index in [9.17, 15) is 14.7 Å². The third kappa shape index (κ3) is 3.18. The Hall–Kier alpha value is -1.84. The van der Waals surface area contributed by atoms with E-state index in [-0.39, 0.29) is 22.6 Å². The van der Waals surface area contributed by atoms with Crippen molar-refractivity contribution in [3.63, 3.8) is 0 Å².